The highest BCUT2D eigenvalue weighted by Crippen LogP contribution is 2.12. The normalized spacial score (nSPS) is 21.7. The molecule has 0 aromatic heterocycles. The number of hydrogen-bond acceptors (Lipinski definition) is 3. The highest BCUT2D eigenvalue weighted by Gasteiger charge is 2.21. The molecule has 1 aliphatic heterocycles. The van der Waals surface area contributed by atoms with Gasteiger partial charge in [0, 0.05) is 44.6 Å². The number of hydrogen-bond donors (Lipinski definition) is 0. The van der Waals surface area contributed by atoms with E-state index < -0.39 is 0 Å². The Kier molecular flexibility index (Phi) is 3.13. The molecule has 4 nitrogen and oxygen atoms in total. The van der Waals surface area contributed by atoms with Crippen LogP contribution in [-0.2, 0) is 0 Å². The van der Waals surface area contributed by atoms with E-state index in [1.54, 1.807) is 4.68 Å². The van der Waals surface area contributed by atoms with Gasteiger partial charge in [-0.25, -0.2) is 0 Å². The van der Waals surface area contributed by atoms with Gasteiger partial charge in [-0.1, -0.05) is 4.68 Å². The SMILES string of the molecule is CC1CC([O-])=N[N+]1=Cc1ccc(N(C)C)cc1. The molecule has 1 aromatic rings. The second-order valence-corrected chi connectivity index (χ2v) is 4.54. The first kappa shape index (κ1) is 11.6. The van der Waals surface area contributed by atoms with Crippen LogP contribution in [0.25, 0.3) is 0 Å². The molecule has 0 N–H and O–H groups in total. The molecule has 1 unspecified atom stereocenters. The van der Waals surface area contributed by atoms with Crippen molar-refractivity contribution in [2.24, 2.45) is 5.10 Å². The molecule has 0 radical (unpaired) electrons. The van der Waals surface area contributed by atoms with Crippen LogP contribution in [0.2, 0.25) is 0 Å². The van der Waals surface area contributed by atoms with E-state index in [4.69, 9.17) is 0 Å². The van der Waals surface area contributed by atoms with Gasteiger partial charge < -0.3 is 10.0 Å². The molecule has 1 aliphatic rings. The van der Waals surface area contributed by atoms with Crippen LogP contribution in [0.5, 0.6) is 0 Å². The third-order valence-electron chi connectivity index (χ3n) is 2.84. The minimum absolute atomic E-state index is 0.0429. The summed E-state index contributed by atoms with van der Waals surface area (Å²) in [4.78, 5) is 2.05. The van der Waals surface area contributed by atoms with Gasteiger partial charge in [0.25, 0.3) is 0 Å². The average molecular weight is 231 g/mol. The lowest BCUT2D eigenvalue weighted by atomic mass is 10.2. The number of rotatable bonds is 2. The summed E-state index contributed by atoms with van der Waals surface area (Å²) >= 11 is 0. The fourth-order valence-corrected chi connectivity index (χ4v) is 1.78. The third-order valence-corrected chi connectivity index (χ3v) is 2.84. The second-order valence-electron chi connectivity index (χ2n) is 4.54. The average Bonchev–Trinajstić information content (AvgIpc) is 2.58. The van der Waals surface area contributed by atoms with E-state index in [0.29, 0.717) is 6.42 Å². The van der Waals surface area contributed by atoms with Crippen LogP contribution < -0.4 is 10.0 Å². The van der Waals surface area contributed by atoms with E-state index in [1.807, 2.05) is 51.5 Å². The highest BCUT2D eigenvalue weighted by atomic mass is 16.3. The van der Waals surface area contributed by atoms with E-state index in [2.05, 4.69) is 10.0 Å². The van der Waals surface area contributed by atoms with Gasteiger partial charge >= 0.3 is 0 Å². The molecule has 0 amide bonds. The van der Waals surface area contributed by atoms with E-state index >= 15 is 0 Å². The Bertz CT molecular complexity index is 460. The summed E-state index contributed by atoms with van der Waals surface area (Å²) in [5, 5.41) is 15.1. The summed E-state index contributed by atoms with van der Waals surface area (Å²) in [5.41, 5.74) is 2.21. The molecule has 0 spiro atoms. The molecule has 2 rings (SSSR count). The van der Waals surface area contributed by atoms with Crippen LogP contribution in [0.1, 0.15) is 18.9 Å². The molecule has 4 heteroatoms. The van der Waals surface area contributed by atoms with Crippen LogP contribution in [-0.4, -0.2) is 36.9 Å². The Balaban J connectivity index is 2.22. The van der Waals surface area contributed by atoms with Gasteiger partial charge in [-0.05, 0) is 29.4 Å². The Morgan fingerprint density at radius 1 is 1.35 bits per heavy atom. The molecule has 17 heavy (non-hydrogen) atoms. The van der Waals surface area contributed by atoms with Gasteiger partial charge in [0.15, 0.2) is 6.04 Å². The van der Waals surface area contributed by atoms with Gasteiger partial charge in [0.2, 0.25) is 6.21 Å². The lowest BCUT2D eigenvalue weighted by Crippen LogP contribution is -2.17. The third kappa shape index (κ3) is 2.64. The van der Waals surface area contributed by atoms with Crippen molar-refractivity contribution in [3.05, 3.63) is 29.8 Å². The van der Waals surface area contributed by atoms with E-state index in [0.717, 1.165) is 11.3 Å². The minimum atomic E-state index is -0.0429. The molecule has 0 aliphatic carbocycles. The first-order valence-corrected chi connectivity index (χ1v) is 5.71. The van der Waals surface area contributed by atoms with E-state index in [9.17, 15) is 5.11 Å². The number of hydrazone groups is 1. The maximum Gasteiger partial charge on any atom is 0.203 e. The Morgan fingerprint density at radius 3 is 2.47 bits per heavy atom. The molecule has 0 saturated heterocycles. The highest BCUT2D eigenvalue weighted by molar-refractivity contribution is 5.78. The van der Waals surface area contributed by atoms with Crippen LogP contribution in [0.4, 0.5) is 5.69 Å². The van der Waals surface area contributed by atoms with Crippen molar-refractivity contribution in [2.45, 2.75) is 19.4 Å². The minimum Gasteiger partial charge on any atom is -0.857 e. The summed E-state index contributed by atoms with van der Waals surface area (Å²) in [5.74, 6) is -0.0429. The summed E-state index contributed by atoms with van der Waals surface area (Å²) in [6.07, 6.45) is 2.42. The van der Waals surface area contributed by atoms with Crippen molar-refractivity contribution in [3.8, 4) is 0 Å². The van der Waals surface area contributed by atoms with Crippen molar-refractivity contribution < 1.29 is 9.79 Å². The Morgan fingerprint density at radius 2 is 2.00 bits per heavy atom. The van der Waals surface area contributed by atoms with E-state index in [-0.39, 0.29) is 11.9 Å². The molecule has 0 fully saturated rings. The fraction of sp³-hybridized carbons (Fsp3) is 0.385. The van der Waals surface area contributed by atoms with Gasteiger partial charge in [0.1, 0.15) is 0 Å². The molecule has 0 saturated carbocycles. The first-order valence-electron chi connectivity index (χ1n) is 5.71. The predicted octanol–water partition coefficient (Wildman–Crippen LogP) is 0.650. The molecule has 0 bridgehead atoms. The van der Waals surface area contributed by atoms with Crippen molar-refractivity contribution in [1.29, 1.82) is 0 Å². The first-order chi connectivity index (χ1) is 8.06. The zero-order valence-corrected chi connectivity index (χ0v) is 10.4. The zero-order valence-electron chi connectivity index (χ0n) is 10.4. The van der Waals surface area contributed by atoms with Gasteiger partial charge in [-0.3, -0.25) is 0 Å². The molecule has 90 valence electrons. The summed E-state index contributed by atoms with van der Waals surface area (Å²) < 4.78 is 1.74. The molecular weight excluding hydrogens is 214 g/mol. The predicted molar refractivity (Wildman–Crippen MR) is 67.7 cm³/mol. The summed E-state index contributed by atoms with van der Waals surface area (Å²) in [7, 11) is 4.02. The smallest absolute Gasteiger partial charge is 0.203 e. The summed E-state index contributed by atoms with van der Waals surface area (Å²) in [6, 6.07) is 8.32. The van der Waals surface area contributed by atoms with Crippen LogP contribution in [0.3, 0.4) is 0 Å². The summed E-state index contributed by atoms with van der Waals surface area (Å²) in [6.45, 7) is 2.00. The van der Waals surface area contributed by atoms with Gasteiger partial charge in [-0.15, -0.1) is 0 Å². The van der Waals surface area contributed by atoms with Crippen molar-refractivity contribution in [3.63, 3.8) is 0 Å². The Labute approximate surface area is 102 Å². The van der Waals surface area contributed by atoms with E-state index in [1.165, 1.54) is 0 Å². The zero-order chi connectivity index (χ0) is 12.4. The molecule has 1 atom stereocenters. The topological polar surface area (TPSA) is 41.7 Å². The van der Waals surface area contributed by atoms with Gasteiger partial charge in [0.05, 0.1) is 0 Å². The number of benzene rings is 1. The van der Waals surface area contributed by atoms with Crippen LogP contribution in [0, 0.1) is 0 Å². The molecular formula is C13H17N3O. The number of anilines is 1. The maximum atomic E-state index is 11.2. The van der Waals surface area contributed by atoms with Crippen molar-refractivity contribution in [2.75, 3.05) is 19.0 Å². The second kappa shape index (κ2) is 4.57. The fourth-order valence-electron chi connectivity index (χ4n) is 1.78. The van der Waals surface area contributed by atoms with Crippen molar-refractivity contribution in [1.82, 2.24) is 0 Å². The lowest BCUT2D eigenvalue weighted by molar-refractivity contribution is -0.553. The Hall–Kier alpha value is -1.84. The largest absolute Gasteiger partial charge is 0.857 e. The molecule has 1 aromatic carbocycles. The molecule has 1 heterocycles. The standard InChI is InChI=1S/C13H17N3O/c1-10-8-13(17)14-16(10)9-11-4-6-12(7-5-11)15(2)3/h4-7,9-10H,8H2,1-3H3. The quantitative estimate of drug-likeness (QED) is 0.701. The van der Waals surface area contributed by atoms with Crippen LogP contribution >= 0.6 is 0 Å². The monoisotopic (exact) mass is 231 g/mol. The maximum absolute atomic E-state index is 11.2. The van der Waals surface area contributed by atoms with Gasteiger partial charge in [-0.2, -0.15) is 0 Å². The van der Waals surface area contributed by atoms with Crippen molar-refractivity contribution >= 4 is 17.8 Å². The lowest BCUT2D eigenvalue weighted by Gasteiger charge is -2.11. The number of nitrogens with zero attached hydrogens (tertiary/aromatic N) is 3. The van der Waals surface area contributed by atoms with Crippen LogP contribution in [0.15, 0.2) is 29.4 Å².